The van der Waals surface area contributed by atoms with Crippen LogP contribution in [0.4, 0.5) is 0 Å². The van der Waals surface area contributed by atoms with Crippen LogP contribution in [-0.4, -0.2) is 33.3 Å². The third kappa shape index (κ3) is 4.39. The van der Waals surface area contributed by atoms with E-state index in [1.807, 2.05) is 58.0 Å². The van der Waals surface area contributed by atoms with Crippen molar-refractivity contribution in [3.05, 3.63) is 109 Å². The Labute approximate surface area is 255 Å². The Morgan fingerprint density at radius 2 is 1.18 bits per heavy atom. The number of aromatic nitrogens is 3. The summed E-state index contributed by atoms with van der Waals surface area (Å²) in [5, 5.41) is 4.49. The topological polar surface area (TPSA) is 70.3 Å². The zero-order valence-electron chi connectivity index (χ0n) is 25.0. The molecule has 2 aromatic heterocycles. The van der Waals surface area contributed by atoms with Crippen molar-refractivity contribution in [3.8, 4) is 33.9 Å². The molecule has 3 heterocycles. The van der Waals surface area contributed by atoms with Crippen LogP contribution in [0, 0.1) is 0 Å². The lowest BCUT2D eigenvalue weighted by Gasteiger charge is -2.32. The summed E-state index contributed by atoms with van der Waals surface area (Å²) >= 11 is 0. The van der Waals surface area contributed by atoms with Crippen molar-refractivity contribution in [2.75, 3.05) is 0 Å². The maximum atomic E-state index is 6.38. The Bertz CT molecular complexity index is 2190. The van der Waals surface area contributed by atoms with Gasteiger partial charge in [0.25, 0.3) is 0 Å². The molecule has 1 aliphatic rings. The van der Waals surface area contributed by atoms with Gasteiger partial charge in [0.15, 0.2) is 17.4 Å². The molecule has 7 heteroatoms. The van der Waals surface area contributed by atoms with E-state index in [1.165, 1.54) is 10.8 Å². The number of nitrogens with zero attached hydrogens (tertiary/aromatic N) is 3. The van der Waals surface area contributed by atoms with Gasteiger partial charge in [-0.25, -0.2) is 15.0 Å². The molecule has 0 atom stereocenters. The molecule has 8 rings (SSSR count). The molecule has 6 nitrogen and oxygen atoms in total. The molecule has 0 N–H and O–H groups in total. The Hall–Kier alpha value is -4.85. The third-order valence-corrected chi connectivity index (χ3v) is 8.99. The molecule has 5 aromatic carbocycles. The van der Waals surface area contributed by atoms with Gasteiger partial charge < -0.3 is 13.7 Å². The highest BCUT2D eigenvalue weighted by atomic mass is 16.7. The van der Waals surface area contributed by atoms with Crippen LogP contribution in [-0.2, 0) is 9.31 Å². The molecule has 44 heavy (non-hydrogen) atoms. The van der Waals surface area contributed by atoms with Gasteiger partial charge in [0, 0.05) is 16.3 Å². The first kappa shape index (κ1) is 26.8. The number of para-hydroxylation sites is 2. The highest BCUT2D eigenvalue weighted by Crippen LogP contribution is 2.38. The molecule has 0 bridgehead atoms. The van der Waals surface area contributed by atoms with E-state index in [0.29, 0.717) is 17.4 Å². The highest BCUT2D eigenvalue weighted by Gasteiger charge is 2.53. The lowest BCUT2D eigenvalue weighted by molar-refractivity contribution is 0.00578. The normalized spacial score (nSPS) is 15.9. The molecular formula is C37H30BN3O3. The smallest absolute Gasteiger partial charge is 0.455 e. The quantitative estimate of drug-likeness (QED) is 0.197. The van der Waals surface area contributed by atoms with Gasteiger partial charge in [-0.1, -0.05) is 91.0 Å². The SMILES string of the molecule is CC1(C)OB(c2nc(-c3ccc(-c4ccc5ccccc5c4)cc3)nc(-c3cccc4c3oc3ccccc34)n2)OC1(C)C. The molecule has 1 saturated heterocycles. The lowest BCUT2D eigenvalue weighted by atomic mass is 9.88. The van der Waals surface area contributed by atoms with Crippen molar-refractivity contribution in [2.24, 2.45) is 0 Å². The molecule has 0 unspecified atom stereocenters. The van der Waals surface area contributed by atoms with Crippen LogP contribution < -0.4 is 5.72 Å². The second kappa shape index (κ2) is 9.84. The van der Waals surface area contributed by atoms with Crippen molar-refractivity contribution in [1.82, 2.24) is 15.0 Å². The van der Waals surface area contributed by atoms with Gasteiger partial charge in [-0.05, 0) is 67.8 Å². The molecule has 0 spiro atoms. The van der Waals surface area contributed by atoms with Crippen molar-refractivity contribution in [1.29, 1.82) is 0 Å². The molecule has 7 aromatic rings. The maximum Gasteiger partial charge on any atom is 0.534 e. The first-order valence-electron chi connectivity index (χ1n) is 14.9. The Morgan fingerprint density at radius 1 is 0.545 bits per heavy atom. The Morgan fingerprint density at radius 3 is 1.98 bits per heavy atom. The second-order valence-electron chi connectivity index (χ2n) is 12.3. The van der Waals surface area contributed by atoms with Crippen LogP contribution in [0.25, 0.3) is 66.6 Å². The van der Waals surface area contributed by atoms with E-state index in [1.54, 1.807) is 0 Å². The molecule has 214 valence electrons. The van der Waals surface area contributed by atoms with Crippen LogP contribution in [0.15, 0.2) is 114 Å². The van der Waals surface area contributed by atoms with Crippen LogP contribution in [0.3, 0.4) is 0 Å². The highest BCUT2D eigenvalue weighted by molar-refractivity contribution is 6.60. The van der Waals surface area contributed by atoms with Gasteiger partial charge in [-0.15, -0.1) is 0 Å². The average molecular weight is 575 g/mol. The molecule has 0 radical (unpaired) electrons. The summed E-state index contributed by atoms with van der Waals surface area (Å²) in [6, 6.07) is 37.4. The molecule has 1 fully saturated rings. The fraction of sp³-hybridized carbons (Fsp3) is 0.162. The lowest BCUT2D eigenvalue weighted by Crippen LogP contribution is -2.41. The summed E-state index contributed by atoms with van der Waals surface area (Å²) in [4.78, 5) is 14.8. The number of rotatable bonds is 4. The van der Waals surface area contributed by atoms with E-state index in [2.05, 4.69) is 78.9 Å². The Kier molecular flexibility index (Phi) is 5.99. The van der Waals surface area contributed by atoms with E-state index < -0.39 is 18.3 Å². The number of fused-ring (bicyclic) bond motifs is 4. The van der Waals surface area contributed by atoms with Gasteiger partial charge in [-0.3, -0.25) is 0 Å². The first-order chi connectivity index (χ1) is 21.3. The van der Waals surface area contributed by atoms with E-state index >= 15 is 0 Å². The van der Waals surface area contributed by atoms with E-state index in [-0.39, 0.29) is 0 Å². The fourth-order valence-corrected chi connectivity index (χ4v) is 5.80. The standard InChI is InChI=1S/C37H30BN3O3/c1-36(2)37(3,4)44-38(43-36)35-40-33(25-19-16-24(17-20-25)27-21-18-23-10-5-6-11-26(23)22-27)39-34(41-35)30-14-9-13-29-28-12-7-8-15-31(28)42-32(29)30/h5-22H,1-4H3. The second-order valence-corrected chi connectivity index (χ2v) is 12.3. The van der Waals surface area contributed by atoms with Crippen molar-refractivity contribution in [3.63, 3.8) is 0 Å². The molecule has 0 saturated carbocycles. The zero-order chi connectivity index (χ0) is 30.1. The molecular weight excluding hydrogens is 545 g/mol. The minimum absolute atomic E-state index is 0.426. The summed E-state index contributed by atoms with van der Waals surface area (Å²) in [7, 11) is -0.743. The average Bonchev–Trinajstić information content (AvgIpc) is 3.53. The summed E-state index contributed by atoms with van der Waals surface area (Å²) in [5.74, 6) is 1.04. The van der Waals surface area contributed by atoms with Gasteiger partial charge >= 0.3 is 7.12 Å². The van der Waals surface area contributed by atoms with E-state index in [4.69, 9.17) is 28.7 Å². The Balaban J connectivity index is 1.25. The van der Waals surface area contributed by atoms with Crippen LogP contribution in [0.5, 0.6) is 0 Å². The summed E-state index contributed by atoms with van der Waals surface area (Å²) in [6.45, 7) is 8.10. The van der Waals surface area contributed by atoms with Crippen LogP contribution >= 0.6 is 0 Å². The summed E-state index contributed by atoms with van der Waals surface area (Å²) in [6.07, 6.45) is 0. The van der Waals surface area contributed by atoms with Crippen LogP contribution in [0.2, 0.25) is 0 Å². The molecule has 1 aliphatic heterocycles. The summed E-state index contributed by atoms with van der Waals surface area (Å²) < 4.78 is 19.1. The minimum atomic E-state index is -0.743. The third-order valence-electron chi connectivity index (χ3n) is 8.99. The number of benzene rings is 5. The van der Waals surface area contributed by atoms with Gasteiger partial charge in [0.05, 0.1) is 16.8 Å². The van der Waals surface area contributed by atoms with E-state index in [9.17, 15) is 0 Å². The maximum absolute atomic E-state index is 6.38. The molecule has 0 amide bonds. The van der Waals surface area contributed by atoms with Crippen molar-refractivity contribution in [2.45, 2.75) is 38.9 Å². The first-order valence-corrected chi connectivity index (χ1v) is 14.9. The molecule has 0 aliphatic carbocycles. The van der Waals surface area contributed by atoms with Gasteiger partial charge in [0.1, 0.15) is 11.2 Å². The number of hydrogen-bond acceptors (Lipinski definition) is 6. The minimum Gasteiger partial charge on any atom is -0.455 e. The van der Waals surface area contributed by atoms with Gasteiger partial charge in [-0.2, -0.15) is 0 Å². The number of hydrogen-bond donors (Lipinski definition) is 0. The predicted octanol–water partition coefficient (Wildman–Crippen LogP) is 8.22. The summed E-state index contributed by atoms with van der Waals surface area (Å²) in [5.41, 5.74) is 4.83. The number of furan rings is 1. The zero-order valence-corrected chi connectivity index (χ0v) is 25.0. The van der Waals surface area contributed by atoms with E-state index in [0.717, 1.165) is 44.2 Å². The van der Waals surface area contributed by atoms with Crippen LogP contribution in [0.1, 0.15) is 27.7 Å². The monoisotopic (exact) mass is 575 g/mol. The van der Waals surface area contributed by atoms with Gasteiger partial charge in [0.2, 0.25) is 0 Å². The fourth-order valence-electron chi connectivity index (χ4n) is 5.80. The predicted molar refractivity (Wildman–Crippen MR) is 177 cm³/mol. The van der Waals surface area contributed by atoms with Crippen molar-refractivity contribution >= 4 is 45.6 Å². The van der Waals surface area contributed by atoms with Crippen molar-refractivity contribution < 1.29 is 13.7 Å². The largest absolute Gasteiger partial charge is 0.534 e.